The summed E-state index contributed by atoms with van der Waals surface area (Å²) in [6, 6.07) is 6.95. The van der Waals surface area contributed by atoms with Crippen LogP contribution in [-0.4, -0.2) is 93.1 Å². The van der Waals surface area contributed by atoms with E-state index in [1.165, 1.54) is 41.4 Å². The van der Waals surface area contributed by atoms with Crippen LogP contribution in [-0.2, 0) is 19.1 Å². The van der Waals surface area contributed by atoms with Crippen LogP contribution in [0, 0.1) is 11.8 Å². The van der Waals surface area contributed by atoms with Crippen molar-refractivity contribution in [2.24, 2.45) is 11.8 Å². The van der Waals surface area contributed by atoms with Crippen LogP contribution >= 0.6 is 11.3 Å². The highest BCUT2D eigenvalue weighted by Crippen LogP contribution is 2.56. The zero-order valence-electron chi connectivity index (χ0n) is 33.9. The van der Waals surface area contributed by atoms with Gasteiger partial charge in [-0.1, -0.05) is 45.9 Å². The number of imidazole rings is 2. The van der Waals surface area contributed by atoms with E-state index in [1.807, 2.05) is 49.9 Å². The lowest BCUT2D eigenvalue weighted by molar-refractivity contribution is -0.136. The zero-order chi connectivity index (χ0) is 40.8. The van der Waals surface area contributed by atoms with Crippen LogP contribution in [0.15, 0.2) is 42.7 Å². The molecule has 5 atom stereocenters. The molecular formula is C43H52N8O6S. The Hall–Kier alpha value is -5.44. The van der Waals surface area contributed by atoms with Crippen molar-refractivity contribution in [3.63, 3.8) is 0 Å². The Bertz CT molecular complexity index is 2250. The Balaban J connectivity index is 1.03. The molecule has 15 heteroatoms. The van der Waals surface area contributed by atoms with Gasteiger partial charge in [-0.2, -0.15) is 0 Å². The Labute approximate surface area is 342 Å². The molecule has 8 rings (SSSR count). The van der Waals surface area contributed by atoms with Crippen molar-refractivity contribution >= 4 is 40.9 Å². The third kappa shape index (κ3) is 7.18. The standard InChI is InChI=1S/C43H52N8O6S/c1-22(2)36(48-42(54)56-5)40(52)50-17-7-9-30(50)38-44-20-28(46-38)26-13-14-27(35-25-12-11-24(19-25)34(26)35)32-15-16-33(58-32)29-21-45-39(47-29)31-10-8-18-51(31)41(53)37(23(3)4)49-43(55)57-6/h11,13-16,20-23,25,30-31,36-37H,7-10,12,17-19H2,1-6H3,(H,44,46)(H,45,47)(H,48,54)(H,49,55)/t25?,30-,31-,36-,37-/m0/s1. The van der Waals surface area contributed by atoms with E-state index >= 15 is 0 Å². The molecule has 3 aromatic heterocycles. The number of amides is 4. The SMILES string of the molecule is COC(=O)N[C@H](C(=O)N1CCC[C@H]1c1ncc(-c2ccc(-c3ccc(-c4cnc([C@@H]5CCCN5C(=O)[C@@H](NC(=O)OC)C(C)C)[nH]4)c4c3C3CC=C4C3)s2)[nH]1)C(C)C. The number of nitrogens with zero attached hydrogens (tertiary/aromatic N) is 4. The van der Waals surface area contributed by atoms with Gasteiger partial charge in [0.05, 0.1) is 55.0 Å². The minimum atomic E-state index is -0.692. The molecule has 2 fully saturated rings. The molecular weight excluding hydrogens is 757 g/mol. The number of allylic oxidation sites excluding steroid dienone is 2. The monoisotopic (exact) mass is 808 g/mol. The first-order valence-corrected chi connectivity index (χ1v) is 21.2. The van der Waals surface area contributed by atoms with E-state index < -0.39 is 24.3 Å². The molecule has 5 heterocycles. The number of ether oxygens (including phenoxy) is 2. The average molecular weight is 809 g/mol. The van der Waals surface area contributed by atoms with Crippen molar-refractivity contribution in [2.45, 2.75) is 96.3 Å². The van der Waals surface area contributed by atoms with Crippen molar-refractivity contribution < 1.29 is 28.7 Å². The third-order valence-corrected chi connectivity index (χ3v) is 13.3. The summed E-state index contributed by atoms with van der Waals surface area (Å²) in [5.41, 5.74) is 8.19. The molecule has 4 N–H and O–H groups in total. The second-order valence-corrected chi connectivity index (χ2v) is 17.5. The van der Waals surface area contributed by atoms with Gasteiger partial charge in [-0.05, 0) is 90.7 Å². The summed E-state index contributed by atoms with van der Waals surface area (Å²) in [4.78, 5) is 74.2. The second-order valence-electron chi connectivity index (χ2n) is 16.4. The number of methoxy groups -OCH3 is 2. The Morgan fingerprint density at radius 1 is 0.759 bits per heavy atom. The highest BCUT2D eigenvalue weighted by atomic mass is 32.1. The molecule has 1 unspecified atom stereocenters. The third-order valence-electron chi connectivity index (χ3n) is 12.2. The first-order chi connectivity index (χ1) is 28.0. The highest BCUT2D eigenvalue weighted by Gasteiger charge is 2.40. The number of alkyl carbamates (subject to hydrolysis) is 2. The molecule has 2 aliphatic heterocycles. The second kappa shape index (κ2) is 16.1. The van der Waals surface area contributed by atoms with Crippen LogP contribution in [0.1, 0.15) is 107 Å². The molecule has 0 spiro atoms. The number of hydrogen-bond acceptors (Lipinski definition) is 9. The fourth-order valence-electron chi connectivity index (χ4n) is 9.26. The summed E-state index contributed by atoms with van der Waals surface area (Å²) >= 11 is 1.72. The van der Waals surface area contributed by atoms with Gasteiger partial charge in [-0.3, -0.25) is 9.59 Å². The maximum absolute atomic E-state index is 13.8. The van der Waals surface area contributed by atoms with E-state index in [0.717, 1.165) is 72.0 Å². The molecule has 0 radical (unpaired) electrons. The zero-order valence-corrected chi connectivity index (χ0v) is 34.7. The summed E-state index contributed by atoms with van der Waals surface area (Å²) < 4.78 is 9.59. The number of rotatable bonds is 11. The highest BCUT2D eigenvalue weighted by molar-refractivity contribution is 7.18. The lowest BCUT2D eigenvalue weighted by atomic mass is 9.87. The Kier molecular flexibility index (Phi) is 10.9. The summed E-state index contributed by atoms with van der Waals surface area (Å²) in [7, 11) is 2.60. The predicted molar refractivity (Wildman–Crippen MR) is 221 cm³/mol. The Morgan fingerprint density at radius 2 is 1.29 bits per heavy atom. The maximum atomic E-state index is 13.8. The lowest BCUT2D eigenvalue weighted by Gasteiger charge is -2.30. The fraction of sp³-hybridized carbons (Fsp3) is 0.488. The van der Waals surface area contributed by atoms with Crippen LogP contribution in [0.2, 0.25) is 0 Å². The smallest absolute Gasteiger partial charge is 0.407 e. The summed E-state index contributed by atoms with van der Waals surface area (Å²) in [6.07, 6.45) is 10.2. The molecule has 4 aromatic rings. The molecule has 2 saturated heterocycles. The van der Waals surface area contributed by atoms with Crippen LogP contribution < -0.4 is 10.6 Å². The summed E-state index contributed by atoms with van der Waals surface area (Å²) in [5.74, 6) is 1.43. The number of nitrogens with one attached hydrogen (secondary N) is 4. The van der Waals surface area contributed by atoms with Crippen molar-refractivity contribution in [2.75, 3.05) is 27.3 Å². The number of aromatic nitrogens is 4. The quantitative estimate of drug-likeness (QED) is 0.120. The van der Waals surface area contributed by atoms with Crippen LogP contribution in [0.3, 0.4) is 0 Å². The number of carbonyl (C=O) groups is 4. The van der Waals surface area contributed by atoms with Gasteiger partial charge in [-0.25, -0.2) is 19.6 Å². The van der Waals surface area contributed by atoms with Gasteiger partial charge in [0.2, 0.25) is 11.8 Å². The van der Waals surface area contributed by atoms with Gasteiger partial charge in [0.1, 0.15) is 23.7 Å². The van der Waals surface area contributed by atoms with Gasteiger partial charge in [-0.15, -0.1) is 11.3 Å². The molecule has 0 saturated carbocycles. The first kappa shape index (κ1) is 39.4. The number of thiophene rings is 1. The molecule has 1 aromatic carbocycles. The van der Waals surface area contributed by atoms with Crippen LogP contribution in [0.25, 0.3) is 37.8 Å². The Morgan fingerprint density at radius 3 is 1.86 bits per heavy atom. The van der Waals surface area contributed by atoms with E-state index in [2.05, 4.69) is 50.9 Å². The van der Waals surface area contributed by atoms with Gasteiger partial charge >= 0.3 is 12.2 Å². The first-order valence-electron chi connectivity index (χ1n) is 20.3. The predicted octanol–water partition coefficient (Wildman–Crippen LogP) is 7.56. The number of fused-ring (bicyclic) bond motifs is 5. The van der Waals surface area contributed by atoms with Crippen LogP contribution in [0.4, 0.5) is 9.59 Å². The topological polar surface area (TPSA) is 175 Å². The lowest BCUT2D eigenvalue weighted by Crippen LogP contribution is -2.51. The van der Waals surface area contributed by atoms with Gasteiger partial charge < -0.3 is 39.9 Å². The van der Waals surface area contributed by atoms with Crippen molar-refractivity contribution in [1.82, 2.24) is 40.4 Å². The van der Waals surface area contributed by atoms with Crippen LogP contribution in [0.5, 0.6) is 0 Å². The average Bonchev–Trinajstić information content (AvgIpc) is 4.08. The van der Waals surface area contributed by atoms with Gasteiger partial charge in [0, 0.05) is 23.5 Å². The molecule has 58 heavy (non-hydrogen) atoms. The summed E-state index contributed by atoms with van der Waals surface area (Å²) in [5, 5.41) is 5.45. The molecule has 2 aliphatic carbocycles. The largest absolute Gasteiger partial charge is 0.453 e. The molecule has 4 amide bonds. The number of carbonyl (C=O) groups excluding carboxylic acids is 4. The minimum absolute atomic E-state index is 0.106. The van der Waals surface area contributed by atoms with Crippen molar-refractivity contribution in [3.8, 4) is 32.3 Å². The number of H-pyrrole nitrogens is 2. The number of likely N-dealkylation sites (tertiary alicyclic amines) is 2. The molecule has 4 aliphatic rings. The van der Waals surface area contributed by atoms with Gasteiger partial charge in [0.15, 0.2) is 0 Å². The van der Waals surface area contributed by atoms with E-state index in [0.29, 0.717) is 19.0 Å². The molecule has 14 nitrogen and oxygen atoms in total. The maximum Gasteiger partial charge on any atom is 0.407 e. The van der Waals surface area contributed by atoms with E-state index in [9.17, 15) is 19.2 Å². The summed E-state index contributed by atoms with van der Waals surface area (Å²) in [6.45, 7) is 8.85. The van der Waals surface area contributed by atoms with E-state index in [4.69, 9.17) is 19.4 Å². The molecule has 2 bridgehead atoms. The van der Waals surface area contributed by atoms with Crippen molar-refractivity contribution in [1.29, 1.82) is 0 Å². The number of benzene rings is 1. The van der Waals surface area contributed by atoms with E-state index in [1.54, 1.807) is 11.3 Å². The minimum Gasteiger partial charge on any atom is -0.453 e. The number of hydrogen-bond donors (Lipinski definition) is 4. The normalized spacial score (nSPS) is 20.7. The number of aromatic amines is 2. The molecule has 306 valence electrons. The van der Waals surface area contributed by atoms with E-state index in [-0.39, 0.29) is 35.7 Å². The van der Waals surface area contributed by atoms with Gasteiger partial charge in [0.25, 0.3) is 0 Å². The van der Waals surface area contributed by atoms with Crippen molar-refractivity contribution in [3.05, 3.63) is 65.5 Å². The fourth-order valence-corrected chi connectivity index (χ4v) is 10.3.